The van der Waals surface area contributed by atoms with E-state index >= 15 is 0 Å². The Bertz CT molecular complexity index is 889. The summed E-state index contributed by atoms with van der Waals surface area (Å²) in [6.45, 7) is 1.74. The fourth-order valence-electron chi connectivity index (χ4n) is 2.76. The van der Waals surface area contributed by atoms with Crippen molar-refractivity contribution in [1.29, 1.82) is 0 Å². The Balaban J connectivity index is 1.64. The lowest BCUT2D eigenvalue weighted by molar-refractivity contribution is 0.0915. The number of hydrogen-bond donors (Lipinski definition) is 2. The monoisotopic (exact) mass is 378 g/mol. The quantitative estimate of drug-likeness (QED) is 0.854. The highest BCUT2D eigenvalue weighted by Crippen LogP contribution is 2.23. The second-order valence-electron chi connectivity index (χ2n) is 6.37. The SMILES string of the molecule is CC1(NC(=O)c2ccc(NC(=O)c3cccs3)cc2)CCS(=O)(=O)C1. The Labute approximate surface area is 150 Å². The van der Waals surface area contributed by atoms with Crippen molar-refractivity contribution < 1.29 is 18.0 Å². The number of amides is 2. The normalized spacial score (nSPS) is 21.6. The van der Waals surface area contributed by atoms with Crippen LogP contribution in [0, 0.1) is 0 Å². The number of nitrogens with one attached hydrogen (secondary N) is 2. The van der Waals surface area contributed by atoms with Gasteiger partial charge in [-0.25, -0.2) is 8.42 Å². The van der Waals surface area contributed by atoms with Crippen LogP contribution in [0.2, 0.25) is 0 Å². The molecule has 1 atom stereocenters. The molecule has 6 nitrogen and oxygen atoms in total. The van der Waals surface area contributed by atoms with E-state index in [0.29, 0.717) is 22.5 Å². The molecule has 2 aromatic rings. The fraction of sp³-hybridized carbons (Fsp3) is 0.294. The van der Waals surface area contributed by atoms with E-state index in [1.807, 2.05) is 5.38 Å². The Kier molecular flexibility index (Phi) is 4.66. The molecular formula is C17H18N2O4S2. The summed E-state index contributed by atoms with van der Waals surface area (Å²) in [5, 5.41) is 7.39. The van der Waals surface area contributed by atoms with Gasteiger partial charge in [0.15, 0.2) is 9.84 Å². The molecule has 1 aromatic carbocycles. The minimum absolute atomic E-state index is 0.0410. The molecule has 3 rings (SSSR count). The number of carbonyl (C=O) groups is 2. The van der Waals surface area contributed by atoms with Crippen LogP contribution in [-0.2, 0) is 9.84 Å². The van der Waals surface area contributed by atoms with Crippen molar-refractivity contribution in [2.24, 2.45) is 0 Å². The van der Waals surface area contributed by atoms with E-state index in [0.717, 1.165) is 0 Å². The Hall–Kier alpha value is -2.19. The number of carbonyl (C=O) groups excluding carboxylic acids is 2. The van der Waals surface area contributed by atoms with E-state index in [1.54, 1.807) is 43.3 Å². The first-order chi connectivity index (χ1) is 11.8. The van der Waals surface area contributed by atoms with Crippen molar-refractivity contribution in [2.45, 2.75) is 18.9 Å². The average molecular weight is 378 g/mol. The molecule has 1 aliphatic heterocycles. The molecule has 132 valence electrons. The van der Waals surface area contributed by atoms with E-state index in [2.05, 4.69) is 10.6 Å². The summed E-state index contributed by atoms with van der Waals surface area (Å²) in [6, 6.07) is 10.0. The Morgan fingerprint density at radius 1 is 1.12 bits per heavy atom. The van der Waals surface area contributed by atoms with Gasteiger partial charge in [-0.05, 0) is 49.1 Å². The summed E-state index contributed by atoms with van der Waals surface area (Å²) >= 11 is 1.35. The second-order valence-corrected chi connectivity index (χ2v) is 9.50. The molecule has 1 fully saturated rings. The van der Waals surface area contributed by atoms with Gasteiger partial charge in [-0.3, -0.25) is 9.59 Å². The van der Waals surface area contributed by atoms with Crippen molar-refractivity contribution >= 4 is 38.7 Å². The molecule has 1 aromatic heterocycles. The van der Waals surface area contributed by atoms with Crippen molar-refractivity contribution in [3.63, 3.8) is 0 Å². The van der Waals surface area contributed by atoms with E-state index in [1.165, 1.54) is 11.3 Å². The molecular weight excluding hydrogens is 360 g/mol. The minimum Gasteiger partial charge on any atom is -0.346 e. The molecule has 1 unspecified atom stereocenters. The van der Waals surface area contributed by atoms with Crippen LogP contribution in [0.4, 0.5) is 5.69 Å². The van der Waals surface area contributed by atoms with Gasteiger partial charge in [-0.15, -0.1) is 11.3 Å². The highest BCUT2D eigenvalue weighted by atomic mass is 32.2. The predicted molar refractivity (Wildman–Crippen MR) is 97.9 cm³/mol. The van der Waals surface area contributed by atoms with Crippen LogP contribution in [0.1, 0.15) is 33.4 Å². The van der Waals surface area contributed by atoms with E-state index < -0.39 is 15.4 Å². The molecule has 8 heteroatoms. The van der Waals surface area contributed by atoms with E-state index in [4.69, 9.17) is 0 Å². The number of rotatable bonds is 4. The number of thiophene rings is 1. The van der Waals surface area contributed by atoms with Crippen LogP contribution < -0.4 is 10.6 Å². The number of sulfone groups is 1. The molecule has 25 heavy (non-hydrogen) atoms. The Morgan fingerprint density at radius 3 is 2.40 bits per heavy atom. The lowest BCUT2D eigenvalue weighted by Crippen LogP contribution is -2.46. The first-order valence-corrected chi connectivity index (χ1v) is 10.4. The summed E-state index contributed by atoms with van der Waals surface area (Å²) in [5.74, 6) is -0.468. The highest BCUT2D eigenvalue weighted by molar-refractivity contribution is 7.91. The predicted octanol–water partition coefficient (Wildman–Crippen LogP) is 2.31. The van der Waals surface area contributed by atoms with Gasteiger partial charge >= 0.3 is 0 Å². The molecule has 2 N–H and O–H groups in total. The molecule has 1 saturated heterocycles. The number of hydrogen-bond acceptors (Lipinski definition) is 5. The van der Waals surface area contributed by atoms with Gasteiger partial charge in [0.05, 0.1) is 21.9 Å². The molecule has 0 aliphatic carbocycles. The van der Waals surface area contributed by atoms with E-state index in [9.17, 15) is 18.0 Å². The summed E-state index contributed by atoms with van der Waals surface area (Å²) < 4.78 is 23.2. The molecule has 0 radical (unpaired) electrons. The standard InChI is InChI=1S/C17H18N2O4S2/c1-17(8-10-25(22,23)11-17)19-15(20)12-4-6-13(7-5-12)18-16(21)14-3-2-9-24-14/h2-7,9H,8,10-11H2,1H3,(H,18,21)(H,19,20). The third-order valence-electron chi connectivity index (χ3n) is 4.07. The van der Waals surface area contributed by atoms with Crippen molar-refractivity contribution in [1.82, 2.24) is 5.32 Å². The van der Waals surface area contributed by atoms with Gasteiger partial charge < -0.3 is 10.6 Å². The molecule has 0 spiro atoms. The largest absolute Gasteiger partial charge is 0.346 e. The van der Waals surface area contributed by atoms with Gasteiger partial charge in [-0.1, -0.05) is 6.07 Å². The van der Waals surface area contributed by atoms with Gasteiger partial charge in [0.25, 0.3) is 11.8 Å². The zero-order valence-electron chi connectivity index (χ0n) is 13.6. The first-order valence-electron chi connectivity index (χ1n) is 7.74. The van der Waals surface area contributed by atoms with Crippen LogP contribution in [0.25, 0.3) is 0 Å². The topological polar surface area (TPSA) is 92.3 Å². The third-order valence-corrected chi connectivity index (χ3v) is 6.84. The van der Waals surface area contributed by atoms with Crippen molar-refractivity contribution in [3.05, 3.63) is 52.2 Å². The molecule has 2 amide bonds. The summed E-state index contributed by atoms with van der Waals surface area (Å²) in [4.78, 5) is 24.9. The lowest BCUT2D eigenvalue weighted by atomic mass is 10.0. The zero-order valence-corrected chi connectivity index (χ0v) is 15.2. The van der Waals surface area contributed by atoms with Gasteiger partial charge in [0.2, 0.25) is 0 Å². The van der Waals surface area contributed by atoms with Crippen LogP contribution in [0.5, 0.6) is 0 Å². The molecule has 2 heterocycles. The maximum atomic E-state index is 12.3. The summed E-state index contributed by atoms with van der Waals surface area (Å²) in [7, 11) is -3.08. The maximum absolute atomic E-state index is 12.3. The highest BCUT2D eigenvalue weighted by Gasteiger charge is 2.39. The smallest absolute Gasteiger partial charge is 0.265 e. The van der Waals surface area contributed by atoms with Crippen LogP contribution in [0.3, 0.4) is 0 Å². The molecule has 0 bridgehead atoms. The van der Waals surface area contributed by atoms with Crippen LogP contribution in [-0.4, -0.2) is 37.3 Å². The summed E-state index contributed by atoms with van der Waals surface area (Å²) in [5.41, 5.74) is 0.270. The third kappa shape index (κ3) is 4.26. The first kappa shape index (κ1) is 17.6. The van der Waals surface area contributed by atoms with Crippen molar-refractivity contribution in [2.75, 3.05) is 16.8 Å². The molecule has 1 aliphatic rings. The van der Waals surface area contributed by atoms with E-state index in [-0.39, 0.29) is 23.3 Å². The number of benzene rings is 1. The van der Waals surface area contributed by atoms with Crippen LogP contribution in [0.15, 0.2) is 41.8 Å². The molecule has 0 saturated carbocycles. The zero-order chi connectivity index (χ0) is 18.1. The second kappa shape index (κ2) is 6.61. The summed E-state index contributed by atoms with van der Waals surface area (Å²) in [6.07, 6.45) is 0.413. The average Bonchev–Trinajstić information content (AvgIpc) is 3.16. The maximum Gasteiger partial charge on any atom is 0.265 e. The van der Waals surface area contributed by atoms with Crippen LogP contribution >= 0.6 is 11.3 Å². The van der Waals surface area contributed by atoms with Crippen molar-refractivity contribution in [3.8, 4) is 0 Å². The van der Waals surface area contributed by atoms with Gasteiger partial charge in [-0.2, -0.15) is 0 Å². The van der Waals surface area contributed by atoms with Gasteiger partial charge in [0, 0.05) is 11.3 Å². The minimum atomic E-state index is -3.08. The number of anilines is 1. The lowest BCUT2D eigenvalue weighted by Gasteiger charge is -2.23. The fourth-order valence-corrected chi connectivity index (χ4v) is 5.47. The Morgan fingerprint density at radius 2 is 1.84 bits per heavy atom. The van der Waals surface area contributed by atoms with Gasteiger partial charge in [0.1, 0.15) is 0 Å².